The number of thiazole rings is 1. The Balaban J connectivity index is 1.48. The van der Waals surface area contributed by atoms with E-state index in [1.165, 1.54) is 0 Å². The molecule has 118 valence electrons. The minimum Gasteiger partial charge on any atom is -0.371 e. The fraction of sp³-hybridized carbons (Fsp3) is 0.769. The number of hydrogen-bond acceptors (Lipinski definition) is 6. The predicted molar refractivity (Wildman–Crippen MR) is 86.3 cm³/mol. The zero-order valence-electron chi connectivity index (χ0n) is 12.2. The fourth-order valence-corrected chi connectivity index (χ4v) is 6.35. The van der Waals surface area contributed by atoms with E-state index >= 15 is 0 Å². The highest BCUT2D eigenvalue weighted by Crippen LogP contribution is 2.47. The lowest BCUT2D eigenvalue weighted by molar-refractivity contribution is 0.0382. The Labute approximate surface area is 134 Å². The predicted octanol–water partition coefficient (Wildman–Crippen LogP) is 1.88. The molecule has 1 spiro atoms. The summed E-state index contributed by atoms with van der Waals surface area (Å²) in [5.74, 6) is 1.14. The molecule has 2 aliphatic heterocycles. The molecule has 2 fully saturated rings. The third kappa shape index (κ3) is 3.29. The summed E-state index contributed by atoms with van der Waals surface area (Å²) in [5, 5.41) is 3.09. The van der Waals surface area contributed by atoms with Crippen LogP contribution >= 0.6 is 23.1 Å². The van der Waals surface area contributed by atoms with Gasteiger partial charge in [-0.05, 0) is 20.3 Å². The second kappa shape index (κ2) is 5.81. The highest BCUT2D eigenvalue weighted by atomic mass is 32.2. The Morgan fingerprint density at radius 2 is 2.29 bits per heavy atom. The van der Waals surface area contributed by atoms with Crippen molar-refractivity contribution in [2.45, 2.75) is 37.7 Å². The molecule has 3 rings (SSSR count). The standard InChI is InChI=1S/C13H20N2O3S3/c1-3-21(16,17)15-8-13(9-15)4-12(7-20-13)18-5-11-6-19-10(2)14-11/h6,12H,3-5,7-9H2,1-2H3. The van der Waals surface area contributed by atoms with E-state index in [1.807, 2.05) is 24.1 Å². The number of nitrogens with zero attached hydrogens (tertiary/aromatic N) is 2. The molecule has 0 bridgehead atoms. The van der Waals surface area contributed by atoms with Gasteiger partial charge in [-0.15, -0.1) is 23.1 Å². The van der Waals surface area contributed by atoms with Crippen LogP contribution in [-0.4, -0.2) is 53.2 Å². The van der Waals surface area contributed by atoms with E-state index in [4.69, 9.17) is 4.74 Å². The molecule has 0 N–H and O–H groups in total. The Bertz CT molecular complexity index is 608. The zero-order valence-corrected chi connectivity index (χ0v) is 14.7. The van der Waals surface area contributed by atoms with Gasteiger partial charge in [0.15, 0.2) is 0 Å². The molecule has 1 atom stereocenters. The molecule has 0 amide bonds. The molecule has 1 unspecified atom stereocenters. The first-order valence-corrected chi connectivity index (χ1v) is 10.5. The summed E-state index contributed by atoms with van der Waals surface area (Å²) >= 11 is 3.50. The number of aromatic nitrogens is 1. The molecule has 0 aromatic carbocycles. The van der Waals surface area contributed by atoms with Crippen molar-refractivity contribution in [2.24, 2.45) is 0 Å². The molecule has 1 aromatic heterocycles. The van der Waals surface area contributed by atoms with Crippen molar-refractivity contribution in [3.63, 3.8) is 0 Å². The van der Waals surface area contributed by atoms with Crippen molar-refractivity contribution in [1.82, 2.24) is 9.29 Å². The molecule has 0 radical (unpaired) electrons. The summed E-state index contributed by atoms with van der Waals surface area (Å²) < 4.78 is 31.2. The molecule has 0 aliphatic carbocycles. The lowest BCUT2D eigenvalue weighted by atomic mass is 9.95. The average molecular weight is 349 g/mol. The van der Waals surface area contributed by atoms with Gasteiger partial charge in [0.1, 0.15) is 0 Å². The highest BCUT2D eigenvalue weighted by molar-refractivity contribution is 8.01. The first-order chi connectivity index (χ1) is 9.92. The quantitative estimate of drug-likeness (QED) is 0.813. The van der Waals surface area contributed by atoms with Gasteiger partial charge in [0.25, 0.3) is 0 Å². The molecule has 21 heavy (non-hydrogen) atoms. The van der Waals surface area contributed by atoms with Gasteiger partial charge in [0, 0.05) is 29.0 Å². The second-order valence-electron chi connectivity index (χ2n) is 5.66. The first-order valence-electron chi connectivity index (χ1n) is 7.07. The minimum atomic E-state index is -3.02. The van der Waals surface area contributed by atoms with Crippen molar-refractivity contribution in [1.29, 1.82) is 0 Å². The van der Waals surface area contributed by atoms with Gasteiger partial charge in [-0.25, -0.2) is 13.4 Å². The van der Waals surface area contributed by atoms with E-state index in [2.05, 4.69) is 4.98 Å². The summed E-state index contributed by atoms with van der Waals surface area (Å²) in [6, 6.07) is 0. The number of hydrogen-bond donors (Lipinski definition) is 0. The van der Waals surface area contributed by atoms with Crippen molar-refractivity contribution < 1.29 is 13.2 Å². The van der Waals surface area contributed by atoms with E-state index in [9.17, 15) is 8.42 Å². The van der Waals surface area contributed by atoms with Gasteiger partial charge in [0.2, 0.25) is 10.0 Å². The molecule has 5 nitrogen and oxygen atoms in total. The number of rotatable bonds is 5. The van der Waals surface area contributed by atoms with Crippen LogP contribution in [0.15, 0.2) is 5.38 Å². The van der Waals surface area contributed by atoms with E-state index < -0.39 is 10.0 Å². The zero-order chi connectivity index (χ0) is 15.1. The van der Waals surface area contributed by atoms with Gasteiger partial charge >= 0.3 is 0 Å². The Hall–Kier alpha value is -0.150. The summed E-state index contributed by atoms with van der Waals surface area (Å²) in [6.45, 7) is 5.53. The average Bonchev–Trinajstić information content (AvgIpc) is 3.01. The van der Waals surface area contributed by atoms with E-state index in [-0.39, 0.29) is 16.6 Å². The topological polar surface area (TPSA) is 59.5 Å². The first kappa shape index (κ1) is 15.7. The van der Waals surface area contributed by atoms with Gasteiger partial charge < -0.3 is 4.74 Å². The van der Waals surface area contributed by atoms with Crippen molar-refractivity contribution in [3.05, 3.63) is 16.1 Å². The maximum atomic E-state index is 11.8. The SMILES string of the molecule is CCS(=O)(=O)N1CC2(CC(OCc3csc(C)n3)CS2)C1. The fourth-order valence-electron chi connectivity index (χ4n) is 2.78. The Kier molecular flexibility index (Phi) is 4.35. The third-order valence-electron chi connectivity index (χ3n) is 4.00. The maximum absolute atomic E-state index is 11.8. The summed E-state index contributed by atoms with van der Waals surface area (Å²) in [5.41, 5.74) is 0.993. The number of sulfonamides is 1. The minimum absolute atomic E-state index is 0.0882. The Morgan fingerprint density at radius 1 is 1.52 bits per heavy atom. The maximum Gasteiger partial charge on any atom is 0.213 e. The van der Waals surface area contributed by atoms with Crippen molar-refractivity contribution in [2.75, 3.05) is 24.6 Å². The van der Waals surface area contributed by atoms with Crippen LogP contribution in [0.3, 0.4) is 0 Å². The smallest absolute Gasteiger partial charge is 0.213 e. The number of thioether (sulfide) groups is 1. The summed E-state index contributed by atoms with van der Waals surface area (Å²) in [7, 11) is -3.02. The van der Waals surface area contributed by atoms with Gasteiger partial charge in [-0.3, -0.25) is 0 Å². The van der Waals surface area contributed by atoms with E-state index in [0.29, 0.717) is 19.7 Å². The molecule has 2 aliphatic rings. The Morgan fingerprint density at radius 3 is 2.90 bits per heavy atom. The van der Waals surface area contributed by atoms with Crippen LogP contribution in [0.1, 0.15) is 24.0 Å². The van der Waals surface area contributed by atoms with Crippen LogP contribution < -0.4 is 0 Å². The molecular weight excluding hydrogens is 328 g/mol. The molecule has 2 saturated heterocycles. The largest absolute Gasteiger partial charge is 0.371 e. The van der Waals surface area contributed by atoms with Crippen LogP contribution in [0, 0.1) is 6.92 Å². The lowest BCUT2D eigenvalue weighted by Gasteiger charge is -2.46. The van der Waals surface area contributed by atoms with Crippen LogP contribution in [0.25, 0.3) is 0 Å². The van der Waals surface area contributed by atoms with E-state index in [1.54, 1.807) is 22.6 Å². The molecule has 3 heterocycles. The van der Waals surface area contributed by atoms with Crippen molar-refractivity contribution >= 4 is 33.1 Å². The molecular formula is C13H20N2O3S3. The number of ether oxygens (including phenoxy) is 1. The normalized spacial score (nSPS) is 25.3. The highest BCUT2D eigenvalue weighted by Gasteiger charge is 2.52. The number of aryl methyl sites for hydroxylation is 1. The van der Waals surface area contributed by atoms with Crippen LogP contribution in [0.5, 0.6) is 0 Å². The van der Waals surface area contributed by atoms with Gasteiger partial charge in [-0.1, -0.05) is 0 Å². The van der Waals surface area contributed by atoms with Crippen molar-refractivity contribution in [3.8, 4) is 0 Å². The summed E-state index contributed by atoms with van der Waals surface area (Å²) in [4.78, 5) is 4.40. The van der Waals surface area contributed by atoms with Crippen LogP contribution in [0.2, 0.25) is 0 Å². The summed E-state index contributed by atoms with van der Waals surface area (Å²) in [6.07, 6.45) is 1.15. The molecule has 1 aromatic rings. The van der Waals surface area contributed by atoms with Crippen LogP contribution in [-0.2, 0) is 21.4 Å². The monoisotopic (exact) mass is 348 g/mol. The molecule has 0 saturated carbocycles. The van der Waals surface area contributed by atoms with Crippen LogP contribution in [0.4, 0.5) is 0 Å². The van der Waals surface area contributed by atoms with Gasteiger partial charge in [0.05, 0.1) is 29.2 Å². The second-order valence-corrected chi connectivity index (χ2v) is 10.5. The molecule has 8 heteroatoms. The van der Waals surface area contributed by atoms with E-state index in [0.717, 1.165) is 22.9 Å². The third-order valence-corrected chi connectivity index (χ3v) is 8.17. The lowest BCUT2D eigenvalue weighted by Crippen LogP contribution is -2.60. The van der Waals surface area contributed by atoms with Gasteiger partial charge in [-0.2, -0.15) is 4.31 Å².